The molecule has 0 saturated carbocycles. The zero-order valence-electron chi connectivity index (χ0n) is 14.6. The van der Waals surface area contributed by atoms with Crippen LogP contribution < -0.4 is 5.73 Å². The molecule has 0 bridgehead atoms. The Hall–Kier alpha value is -2.01. The van der Waals surface area contributed by atoms with Gasteiger partial charge in [-0.2, -0.15) is 0 Å². The molecule has 0 unspecified atom stereocenters. The average Bonchev–Trinajstić information content (AvgIpc) is 3.03. The highest BCUT2D eigenvalue weighted by Crippen LogP contribution is 2.20. The van der Waals surface area contributed by atoms with Gasteiger partial charge in [-0.15, -0.1) is 12.4 Å². The van der Waals surface area contributed by atoms with E-state index in [1.54, 1.807) is 4.90 Å². The number of aromatic amines is 1. The smallest absolute Gasteiger partial charge is 0.240 e. The summed E-state index contributed by atoms with van der Waals surface area (Å²) in [6.45, 7) is 3.01. The maximum atomic E-state index is 12.8. The molecule has 1 aromatic heterocycles. The van der Waals surface area contributed by atoms with Crippen molar-refractivity contribution < 1.29 is 4.79 Å². The lowest BCUT2D eigenvalue weighted by atomic mass is 10.0. The van der Waals surface area contributed by atoms with E-state index in [0.717, 1.165) is 22.0 Å². The van der Waals surface area contributed by atoms with Crippen molar-refractivity contribution in [2.75, 3.05) is 6.54 Å². The van der Waals surface area contributed by atoms with E-state index < -0.39 is 6.04 Å². The Kier molecular flexibility index (Phi) is 7.09. The van der Waals surface area contributed by atoms with Gasteiger partial charge in [-0.1, -0.05) is 48.0 Å². The third-order valence-corrected chi connectivity index (χ3v) is 4.81. The highest BCUT2D eigenvalue weighted by Gasteiger charge is 2.22. The van der Waals surface area contributed by atoms with Gasteiger partial charge in [-0.05, 0) is 36.6 Å². The molecule has 0 spiro atoms. The van der Waals surface area contributed by atoms with Crippen molar-refractivity contribution in [1.29, 1.82) is 0 Å². The zero-order valence-corrected chi connectivity index (χ0v) is 16.2. The largest absolute Gasteiger partial charge is 0.361 e. The number of aromatic nitrogens is 1. The molecule has 3 N–H and O–H groups in total. The normalized spacial score (nSPS) is 11.8. The molecule has 0 aliphatic carbocycles. The number of para-hydroxylation sites is 1. The molecule has 2 aromatic carbocycles. The number of likely N-dealkylation sites (N-methyl/N-ethyl adjacent to an activating group) is 1. The van der Waals surface area contributed by atoms with Crippen LogP contribution in [0.2, 0.25) is 5.02 Å². The van der Waals surface area contributed by atoms with Gasteiger partial charge in [0, 0.05) is 35.2 Å². The van der Waals surface area contributed by atoms with Gasteiger partial charge >= 0.3 is 0 Å². The minimum atomic E-state index is -0.582. The van der Waals surface area contributed by atoms with Gasteiger partial charge in [-0.3, -0.25) is 4.79 Å². The summed E-state index contributed by atoms with van der Waals surface area (Å²) in [7, 11) is 0. The third-order valence-electron chi connectivity index (χ3n) is 4.44. The summed E-state index contributed by atoms with van der Waals surface area (Å²) < 4.78 is 0. The molecule has 1 atom stereocenters. The number of hydrogen-bond acceptors (Lipinski definition) is 2. The molecule has 1 amide bonds. The van der Waals surface area contributed by atoms with Gasteiger partial charge in [0.1, 0.15) is 0 Å². The molecule has 26 heavy (non-hydrogen) atoms. The minimum absolute atomic E-state index is 0. The van der Waals surface area contributed by atoms with Gasteiger partial charge in [0.25, 0.3) is 0 Å². The average molecular weight is 392 g/mol. The second kappa shape index (κ2) is 9.08. The standard InChI is InChI=1S/C20H22ClN3O.ClH/c1-2-24(13-14-7-3-5-9-17(14)21)20(25)18(22)11-15-12-23-19-10-6-4-8-16(15)19;/h3-10,12,18,23H,2,11,13,22H2,1H3;1H/t18-;/m0./s1. The number of carbonyl (C=O) groups excluding carboxylic acids is 1. The number of rotatable bonds is 6. The summed E-state index contributed by atoms with van der Waals surface area (Å²) in [6.07, 6.45) is 2.43. The molecular formula is C20H23Cl2N3O. The van der Waals surface area contributed by atoms with E-state index in [2.05, 4.69) is 4.98 Å². The van der Waals surface area contributed by atoms with Crippen LogP contribution in [0.3, 0.4) is 0 Å². The zero-order chi connectivity index (χ0) is 17.8. The highest BCUT2D eigenvalue weighted by atomic mass is 35.5. The first-order valence-electron chi connectivity index (χ1n) is 8.43. The van der Waals surface area contributed by atoms with E-state index >= 15 is 0 Å². The van der Waals surface area contributed by atoms with E-state index in [1.807, 2.05) is 61.7 Å². The van der Waals surface area contributed by atoms with Crippen molar-refractivity contribution in [2.45, 2.75) is 25.9 Å². The van der Waals surface area contributed by atoms with Crippen molar-refractivity contribution in [3.05, 3.63) is 70.9 Å². The monoisotopic (exact) mass is 391 g/mol. The molecule has 4 nitrogen and oxygen atoms in total. The van der Waals surface area contributed by atoms with Crippen LogP contribution >= 0.6 is 24.0 Å². The summed E-state index contributed by atoms with van der Waals surface area (Å²) in [5.41, 5.74) is 9.28. The first-order chi connectivity index (χ1) is 12.1. The number of fused-ring (bicyclic) bond motifs is 1. The molecule has 0 saturated heterocycles. The van der Waals surface area contributed by atoms with Gasteiger partial charge in [0.2, 0.25) is 5.91 Å². The number of halogens is 2. The van der Waals surface area contributed by atoms with Gasteiger partial charge in [0.05, 0.1) is 6.04 Å². The Morgan fingerprint density at radius 3 is 2.58 bits per heavy atom. The van der Waals surface area contributed by atoms with Crippen molar-refractivity contribution in [3.8, 4) is 0 Å². The van der Waals surface area contributed by atoms with E-state index in [4.69, 9.17) is 17.3 Å². The van der Waals surface area contributed by atoms with Crippen LogP contribution in [0.25, 0.3) is 10.9 Å². The summed E-state index contributed by atoms with van der Waals surface area (Å²) >= 11 is 6.22. The molecule has 3 aromatic rings. The quantitative estimate of drug-likeness (QED) is 0.662. The van der Waals surface area contributed by atoms with Gasteiger partial charge in [-0.25, -0.2) is 0 Å². The number of nitrogens with zero attached hydrogens (tertiary/aromatic N) is 1. The number of amides is 1. The maximum absolute atomic E-state index is 12.8. The second-order valence-corrected chi connectivity index (χ2v) is 6.52. The van der Waals surface area contributed by atoms with Crippen molar-refractivity contribution >= 4 is 40.8 Å². The Morgan fingerprint density at radius 2 is 1.85 bits per heavy atom. The van der Waals surface area contributed by atoms with Crippen LogP contribution in [0.5, 0.6) is 0 Å². The van der Waals surface area contributed by atoms with E-state index in [1.165, 1.54) is 0 Å². The molecular weight excluding hydrogens is 369 g/mol. The summed E-state index contributed by atoms with van der Waals surface area (Å²) in [6, 6.07) is 15.0. The molecule has 0 fully saturated rings. The number of H-pyrrole nitrogens is 1. The minimum Gasteiger partial charge on any atom is -0.361 e. The predicted octanol–water partition coefficient (Wildman–Crippen LogP) is 4.16. The molecule has 138 valence electrons. The summed E-state index contributed by atoms with van der Waals surface area (Å²) in [4.78, 5) is 17.8. The molecule has 3 rings (SSSR count). The van der Waals surface area contributed by atoms with Crippen molar-refractivity contribution in [3.63, 3.8) is 0 Å². The SMILES string of the molecule is CCN(Cc1ccccc1Cl)C(=O)[C@@H](N)Cc1c[nH]c2ccccc12.Cl. The molecule has 1 heterocycles. The van der Waals surface area contributed by atoms with E-state index in [9.17, 15) is 4.79 Å². The maximum Gasteiger partial charge on any atom is 0.240 e. The predicted molar refractivity (Wildman–Crippen MR) is 110 cm³/mol. The van der Waals surface area contributed by atoms with Crippen molar-refractivity contribution in [1.82, 2.24) is 9.88 Å². The topological polar surface area (TPSA) is 62.1 Å². The molecule has 6 heteroatoms. The van der Waals surface area contributed by atoms with E-state index in [0.29, 0.717) is 24.5 Å². The Bertz CT molecular complexity index is 878. The van der Waals surface area contributed by atoms with Crippen LogP contribution in [-0.4, -0.2) is 28.4 Å². The number of benzene rings is 2. The molecule has 0 aliphatic rings. The molecule has 0 aliphatic heterocycles. The Morgan fingerprint density at radius 1 is 1.15 bits per heavy atom. The first kappa shape index (κ1) is 20.3. The van der Waals surface area contributed by atoms with Crippen LogP contribution in [0.1, 0.15) is 18.1 Å². The number of carbonyl (C=O) groups is 1. The lowest BCUT2D eigenvalue weighted by Gasteiger charge is -2.25. The number of nitrogens with one attached hydrogen (secondary N) is 1. The fourth-order valence-electron chi connectivity index (χ4n) is 3.04. The van der Waals surface area contributed by atoms with Crippen molar-refractivity contribution in [2.24, 2.45) is 5.73 Å². The van der Waals surface area contributed by atoms with Gasteiger partial charge < -0.3 is 15.6 Å². The fraction of sp³-hybridized carbons (Fsp3) is 0.250. The molecule has 0 radical (unpaired) electrons. The highest BCUT2D eigenvalue weighted by molar-refractivity contribution is 6.31. The van der Waals surface area contributed by atoms with Crippen LogP contribution in [0.4, 0.5) is 0 Å². The number of hydrogen-bond donors (Lipinski definition) is 2. The second-order valence-electron chi connectivity index (χ2n) is 6.11. The van der Waals surface area contributed by atoms with E-state index in [-0.39, 0.29) is 18.3 Å². The lowest BCUT2D eigenvalue weighted by molar-refractivity contribution is -0.133. The Labute approximate surface area is 164 Å². The van der Waals surface area contributed by atoms with Gasteiger partial charge in [0.15, 0.2) is 0 Å². The summed E-state index contributed by atoms with van der Waals surface area (Å²) in [5, 5.41) is 1.78. The van der Waals surface area contributed by atoms with Crippen LogP contribution in [0.15, 0.2) is 54.7 Å². The number of nitrogens with two attached hydrogens (primary N) is 1. The lowest BCUT2D eigenvalue weighted by Crippen LogP contribution is -2.44. The first-order valence-corrected chi connectivity index (χ1v) is 8.80. The Balaban J connectivity index is 0.00000243. The van der Waals surface area contributed by atoms with Crippen LogP contribution in [-0.2, 0) is 17.8 Å². The van der Waals surface area contributed by atoms with Crippen LogP contribution in [0, 0.1) is 0 Å². The third kappa shape index (κ3) is 4.39. The fourth-order valence-corrected chi connectivity index (χ4v) is 3.23. The summed E-state index contributed by atoms with van der Waals surface area (Å²) in [5.74, 6) is -0.0623.